The van der Waals surface area contributed by atoms with Gasteiger partial charge in [0.25, 0.3) is 0 Å². The third kappa shape index (κ3) is 2.98. The second-order valence-electron chi connectivity index (χ2n) is 7.33. The smallest absolute Gasteiger partial charge is 0.0853 e. The molecule has 2 N–H and O–H groups in total. The van der Waals surface area contributed by atoms with Gasteiger partial charge in [-0.15, -0.1) is 0 Å². The van der Waals surface area contributed by atoms with Crippen molar-refractivity contribution in [3.8, 4) is 0 Å². The fourth-order valence-corrected chi connectivity index (χ4v) is 4.59. The van der Waals surface area contributed by atoms with Crippen LogP contribution < -0.4 is 5.73 Å². The minimum Gasteiger partial charge on any atom is -0.374 e. The predicted molar refractivity (Wildman–Crippen MR) is 78.0 cm³/mol. The van der Waals surface area contributed by atoms with Gasteiger partial charge in [0.2, 0.25) is 0 Å². The lowest BCUT2D eigenvalue weighted by molar-refractivity contribution is -0.0535. The Labute approximate surface area is 117 Å². The maximum Gasteiger partial charge on any atom is 0.0853 e. The summed E-state index contributed by atoms with van der Waals surface area (Å²) < 4.78 is 5.94. The van der Waals surface area contributed by atoms with Crippen molar-refractivity contribution in [2.24, 2.45) is 23.5 Å². The van der Waals surface area contributed by atoms with E-state index in [2.05, 4.69) is 18.7 Å². The Hall–Kier alpha value is -0.120. The summed E-state index contributed by atoms with van der Waals surface area (Å²) in [6.45, 7) is 7.48. The van der Waals surface area contributed by atoms with Crippen LogP contribution in [0.2, 0.25) is 0 Å². The first kappa shape index (κ1) is 13.8. The van der Waals surface area contributed by atoms with Gasteiger partial charge < -0.3 is 10.5 Å². The molecule has 19 heavy (non-hydrogen) atoms. The van der Waals surface area contributed by atoms with E-state index in [-0.39, 0.29) is 12.1 Å². The Bertz CT molecular complexity index is 307. The minimum absolute atomic E-state index is 0.242. The Morgan fingerprint density at radius 3 is 2.74 bits per heavy atom. The van der Waals surface area contributed by atoms with Crippen molar-refractivity contribution < 1.29 is 4.74 Å². The lowest BCUT2D eigenvalue weighted by Gasteiger charge is -2.39. The number of rotatable bonds is 4. The molecule has 0 aromatic carbocycles. The first-order valence-corrected chi connectivity index (χ1v) is 8.24. The Balaban J connectivity index is 1.51. The molecular weight excluding hydrogens is 236 g/mol. The first-order valence-electron chi connectivity index (χ1n) is 8.24. The fourth-order valence-electron chi connectivity index (χ4n) is 4.59. The van der Waals surface area contributed by atoms with E-state index >= 15 is 0 Å². The molecule has 110 valence electrons. The van der Waals surface area contributed by atoms with Gasteiger partial charge in [-0.05, 0) is 57.3 Å². The lowest BCUT2D eigenvalue weighted by atomic mass is 9.83. The first-order chi connectivity index (χ1) is 9.13. The zero-order valence-electron chi connectivity index (χ0n) is 12.6. The molecule has 2 bridgehead atoms. The molecule has 0 radical (unpaired) electrons. The molecule has 5 atom stereocenters. The maximum absolute atomic E-state index is 6.47. The summed E-state index contributed by atoms with van der Waals surface area (Å²) in [4.78, 5) is 2.51. The number of nitrogens with zero attached hydrogens (tertiary/aromatic N) is 1. The summed E-state index contributed by atoms with van der Waals surface area (Å²) in [5, 5.41) is 0. The quantitative estimate of drug-likeness (QED) is 0.848. The van der Waals surface area contributed by atoms with Crippen molar-refractivity contribution in [3.05, 3.63) is 0 Å². The van der Waals surface area contributed by atoms with Crippen LogP contribution in [0.5, 0.6) is 0 Å². The van der Waals surface area contributed by atoms with Gasteiger partial charge in [-0.1, -0.05) is 6.42 Å². The summed E-state index contributed by atoms with van der Waals surface area (Å²) in [7, 11) is 0. The van der Waals surface area contributed by atoms with Crippen molar-refractivity contribution in [2.45, 2.75) is 64.1 Å². The second kappa shape index (κ2) is 5.71. The Kier molecular flexibility index (Phi) is 4.16. The molecule has 0 amide bonds. The Morgan fingerprint density at radius 2 is 2.11 bits per heavy atom. The molecule has 1 heterocycles. The van der Waals surface area contributed by atoms with Gasteiger partial charge >= 0.3 is 0 Å². The molecule has 3 rings (SSSR count). The van der Waals surface area contributed by atoms with Crippen LogP contribution in [0, 0.1) is 17.8 Å². The van der Waals surface area contributed by atoms with Crippen LogP contribution in [-0.4, -0.2) is 42.8 Å². The van der Waals surface area contributed by atoms with E-state index in [1.54, 1.807) is 0 Å². The van der Waals surface area contributed by atoms with Crippen LogP contribution in [0.3, 0.4) is 0 Å². The monoisotopic (exact) mass is 266 g/mol. The lowest BCUT2D eigenvalue weighted by Crippen LogP contribution is -2.53. The van der Waals surface area contributed by atoms with Crippen molar-refractivity contribution in [1.82, 2.24) is 4.90 Å². The van der Waals surface area contributed by atoms with Gasteiger partial charge in [0, 0.05) is 25.2 Å². The SMILES string of the molecule is CC(C)N1CCOC(C(N)CC2CC3CCC2C3)C1. The minimum atomic E-state index is 0.242. The number of hydrogen-bond acceptors (Lipinski definition) is 3. The molecule has 5 unspecified atom stereocenters. The summed E-state index contributed by atoms with van der Waals surface area (Å²) in [5.41, 5.74) is 6.47. The second-order valence-corrected chi connectivity index (χ2v) is 7.33. The molecule has 3 aliphatic rings. The fraction of sp³-hybridized carbons (Fsp3) is 1.00. The van der Waals surface area contributed by atoms with Gasteiger partial charge in [0.05, 0.1) is 12.7 Å². The van der Waals surface area contributed by atoms with Crippen LogP contribution in [0.15, 0.2) is 0 Å². The highest BCUT2D eigenvalue weighted by Crippen LogP contribution is 2.49. The van der Waals surface area contributed by atoms with Crippen molar-refractivity contribution in [2.75, 3.05) is 19.7 Å². The van der Waals surface area contributed by atoms with Crippen LogP contribution in [0.25, 0.3) is 0 Å². The highest BCUT2D eigenvalue weighted by molar-refractivity contribution is 4.93. The van der Waals surface area contributed by atoms with Gasteiger partial charge in [0.1, 0.15) is 0 Å². The highest BCUT2D eigenvalue weighted by atomic mass is 16.5. The average Bonchev–Trinajstić information content (AvgIpc) is 3.01. The molecule has 2 aliphatic carbocycles. The molecule has 0 spiro atoms. The molecule has 0 aromatic heterocycles. The van der Waals surface area contributed by atoms with E-state index in [0.29, 0.717) is 6.04 Å². The van der Waals surface area contributed by atoms with Gasteiger partial charge in [-0.2, -0.15) is 0 Å². The number of morpholine rings is 1. The van der Waals surface area contributed by atoms with E-state index in [4.69, 9.17) is 10.5 Å². The molecule has 1 aliphatic heterocycles. The summed E-state index contributed by atoms with van der Waals surface area (Å²) in [6.07, 6.45) is 7.33. The van der Waals surface area contributed by atoms with Crippen molar-refractivity contribution in [3.63, 3.8) is 0 Å². The van der Waals surface area contributed by atoms with Crippen molar-refractivity contribution >= 4 is 0 Å². The molecule has 3 heteroatoms. The standard InChI is InChI=1S/C16H30N2O/c1-11(2)18-5-6-19-16(10-18)15(17)9-14-8-12-3-4-13(14)7-12/h11-16H,3-10,17H2,1-2H3. The largest absolute Gasteiger partial charge is 0.374 e. The van der Waals surface area contributed by atoms with E-state index in [0.717, 1.165) is 37.5 Å². The van der Waals surface area contributed by atoms with E-state index in [9.17, 15) is 0 Å². The normalized spacial score (nSPS) is 41.1. The highest BCUT2D eigenvalue weighted by Gasteiger charge is 2.41. The van der Waals surface area contributed by atoms with Gasteiger partial charge in [-0.3, -0.25) is 4.90 Å². The predicted octanol–water partition coefficient (Wildman–Crippen LogP) is 2.25. The molecule has 1 saturated heterocycles. The number of fused-ring (bicyclic) bond motifs is 2. The number of ether oxygens (including phenoxy) is 1. The maximum atomic E-state index is 6.47. The van der Waals surface area contributed by atoms with Gasteiger partial charge in [0.15, 0.2) is 0 Å². The van der Waals surface area contributed by atoms with Crippen LogP contribution >= 0.6 is 0 Å². The summed E-state index contributed by atoms with van der Waals surface area (Å²) >= 11 is 0. The molecule has 0 aromatic rings. The Morgan fingerprint density at radius 1 is 1.26 bits per heavy atom. The van der Waals surface area contributed by atoms with E-state index < -0.39 is 0 Å². The third-order valence-electron chi connectivity index (χ3n) is 5.79. The van der Waals surface area contributed by atoms with Crippen LogP contribution in [-0.2, 0) is 4.74 Å². The van der Waals surface area contributed by atoms with E-state index in [1.165, 1.54) is 32.1 Å². The third-order valence-corrected chi connectivity index (χ3v) is 5.79. The summed E-state index contributed by atoms with van der Waals surface area (Å²) in [6, 6.07) is 0.854. The van der Waals surface area contributed by atoms with Gasteiger partial charge in [-0.25, -0.2) is 0 Å². The topological polar surface area (TPSA) is 38.5 Å². The molecule has 3 nitrogen and oxygen atoms in total. The number of hydrogen-bond donors (Lipinski definition) is 1. The average molecular weight is 266 g/mol. The molecule has 3 fully saturated rings. The van der Waals surface area contributed by atoms with Crippen molar-refractivity contribution in [1.29, 1.82) is 0 Å². The van der Waals surface area contributed by atoms with Crippen LogP contribution in [0.1, 0.15) is 46.0 Å². The summed E-state index contributed by atoms with van der Waals surface area (Å²) in [5.74, 6) is 2.91. The van der Waals surface area contributed by atoms with Crippen LogP contribution in [0.4, 0.5) is 0 Å². The zero-order valence-corrected chi connectivity index (χ0v) is 12.6. The number of nitrogens with two attached hydrogens (primary N) is 1. The molecular formula is C16H30N2O. The zero-order chi connectivity index (χ0) is 13.4. The molecule has 2 saturated carbocycles. The van der Waals surface area contributed by atoms with E-state index in [1.807, 2.05) is 0 Å².